The lowest BCUT2D eigenvalue weighted by molar-refractivity contribution is 0.661. The Morgan fingerprint density at radius 3 is 1.34 bits per heavy atom. The van der Waals surface area contributed by atoms with Gasteiger partial charge in [-0.1, -0.05) is 172 Å². The summed E-state index contributed by atoms with van der Waals surface area (Å²) in [5.41, 5.74) is 17.1. The number of hydrogen-bond acceptors (Lipinski definition) is 1. The zero-order valence-corrected chi connectivity index (χ0v) is 32.4. The summed E-state index contributed by atoms with van der Waals surface area (Å²) in [5, 5.41) is 9.93. The van der Waals surface area contributed by atoms with Crippen LogP contribution in [0.1, 0.15) is 25.0 Å². The molecular weight excluding hydrogens is 701 g/mol. The lowest BCUT2D eigenvalue weighted by Crippen LogP contribution is -2.15. The van der Waals surface area contributed by atoms with Gasteiger partial charge >= 0.3 is 0 Å². The van der Waals surface area contributed by atoms with Crippen LogP contribution in [-0.4, -0.2) is 0 Å². The molecule has 272 valence electrons. The molecule has 1 aromatic heterocycles. The van der Waals surface area contributed by atoms with Crippen molar-refractivity contribution in [2.45, 2.75) is 19.3 Å². The third-order valence-corrected chi connectivity index (χ3v) is 12.9. The van der Waals surface area contributed by atoms with Crippen LogP contribution in [0.4, 0.5) is 0 Å². The average Bonchev–Trinajstić information content (AvgIpc) is 3.75. The Balaban J connectivity index is 0.928. The minimum atomic E-state index is -0.0749. The first kappa shape index (κ1) is 33.0. The topological polar surface area (TPSA) is 13.1 Å². The molecule has 0 radical (unpaired) electrons. The third kappa shape index (κ3) is 4.90. The highest BCUT2D eigenvalue weighted by molar-refractivity contribution is 6.21. The van der Waals surface area contributed by atoms with Gasteiger partial charge in [-0.05, 0) is 135 Å². The van der Waals surface area contributed by atoms with Crippen LogP contribution in [0, 0.1) is 0 Å². The lowest BCUT2D eigenvalue weighted by Gasteiger charge is -2.22. The molecule has 1 aliphatic rings. The molecule has 0 amide bonds. The Kier molecular flexibility index (Phi) is 7.04. The van der Waals surface area contributed by atoms with Crippen molar-refractivity contribution in [2.24, 2.45) is 0 Å². The molecule has 1 heterocycles. The van der Waals surface area contributed by atoms with Crippen LogP contribution in [-0.2, 0) is 5.41 Å². The summed E-state index contributed by atoms with van der Waals surface area (Å²) in [4.78, 5) is 0. The van der Waals surface area contributed by atoms with E-state index in [0.29, 0.717) is 0 Å². The molecule has 0 aliphatic heterocycles. The van der Waals surface area contributed by atoms with Crippen LogP contribution in [0.3, 0.4) is 0 Å². The molecular formula is C57H38O. The molecule has 58 heavy (non-hydrogen) atoms. The van der Waals surface area contributed by atoms with Crippen molar-refractivity contribution in [3.05, 3.63) is 205 Å². The Morgan fingerprint density at radius 1 is 0.310 bits per heavy atom. The van der Waals surface area contributed by atoms with Gasteiger partial charge in [-0.2, -0.15) is 0 Å². The molecule has 1 heteroatoms. The normalized spacial score (nSPS) is 13.1. The monoisotopic (exact) mass is 738 g/mol. The maximum atomic E-state index is 6.11. The van der Waals surface area contributed by atoms with E-state index in [2.05, 4.69) is 196 Å². The summed E-state index contributed by atoms with van der Waals surface area (Å²) in [7, 11) is 0. The Labute approximate surface area is 337 Å². The van der Waals surface area contributed by atoms with Crippen molar-refractivity contribution in [3.63, 3.8) is 0 Å². The summed E-state index contributed by atoms with van der Waals surface area (Å²) in [6, 6.07) is 71.5. The van der Waals surface area contributed by atoms with E-state index < -0.39 is 0 Å². The van der Waals surface area contributed by atoms with Gasteiger partial charge in [0.15, 0.2) is 0 Å². The second kappa shape index (κ2) is 12.4. The van der Waals surface area contributed by atoms with Gasteiger partial charge in [0.05, 0.1) is 0 Å². The first-order valence-corrected chi connectivity index (χ1v) is 20.2. The van der Waals surface area contributed by atoms with E-state index in [1.54, 1.807) is 0 Å². The smallest absolute Gasteiger partial charge is 0.135 e. The molecule has 0 bridgehead atoms. The largest absolute Gasteiger partial charge is 0.456 e. The number of rotatable bonds is 4. The number of benzene rings is 10. The first-order chi connectivity index (χ1) is 28.5. The van der Waals surface area contributed by atoms with E-state index in [4.69, 9.17) is 4.42 Å². The quantitative estimate of drug-likeness (QED) is 0.164. The number of furan rings is 1. The van der Waals surface area contributed by atoms with Crippen molar-refractivity contribution in [2.75, 3.05) is 0 Å². The van der Waals surface area contributed by atoms with E-state index in [-0.39, 0.29) is 5.41 Å². The van der Waals surface area contributed by atoms with Crippen molar-refractivity contribution < 1.29 is 4.42 Å². The molecule has 1 aliphatic carbocycles. The molecule has 1 nitrogen and oxygen atoms in total. The van der Waals surface area contributed by atoms with E-state index in [9.17, 15) is 0 Å². The Hall–Kier alpha value is -7.22. The number of hydrogen-bond donors (Lipinski definition) is 0. The minimum Gasteiger partial charge on any atom is -0.456 e. The van der Waals surface area contributed by atoms with Crippen LogP contribution in [0.25, 0.3) is 110 Å². The van der Waals surface area contributed by atoms with Gasteiger partial charge in [-0.25, -0.2) is 0 Å². The van der Waals surface area contributed by atoms with Gasteiger partial charge in [0.1, 0.15) is 11.2 Å². The summed E-state index contributed by atoms with van der Waals surface area (Å²) >= 11 is 0. The SMILES string of the molecule is CC1(C)c2cc(-c3ccc(-c4c5ccccc5c(-c5ccc(-c6ccc7oc8ccccc8c7c6)cc5)c5ccccc45)cc3)ccc2-c2cc3ccccc3cc21. The zero-order chi connectivity index (χ0) is 38.5. The third-order valence-electron chi connectivity index (χ3n) is 12.9. The Morgan fingerprint density at radius 2 is 0.741 bits per heavy atom. The molecule has 0 N–H and O–H groups in total. The highest BCUT2D eigenvalue weighted by Crippen LogP contribution is 2.51. The van der Waals surface area contributed by atoms with E-state index >= 15 is 0 Å². The fourth-order valence-electron chi connectivity index (χ4n) is 9.92. The maximum Gasteiger partial charge on any atom is 0.135 e. The van der Waals surface area contributed by atoms with Gasteiger partial charge in [0.2, 0.25) is 0 Å². The first-order valence-electron chi connectivity index (χ1n) is 20.2. The van der Waals surface area contributed by atoms with Crippen LogP contribution in [0.2, 0.25) is 0 Å². The van der Waals surface area contributed by atoms with Gasteiger partial charge in [0.25, 0.3) is 0 Å². The second-order valence-corrected chi connectivity index (χ2v) is 16.4. The van der Waals surface area contributed by atoms with Gasteiger partial charge in [-0.3, -0.25) is 0 Å². The number of fused-ring (bicyclic) bond motifs is 9. The molecule has 0 saturated carbocycles. The minimum absolute atomic E-state index is 0.0749. The summed E-state index contributed by atoms with van der Waals surface area (Å²) in [5.74, 6) is 0. The van der Waals surface area contributed by atoms with Crippen LogP contribution in [0.15, 0.2) is 199 Å². The van der Waals surface area contributed by atoms with Gasteiger partial charge in [-0.15, -0.1) is 0 Å². The van der Waals surface area contributed by atoms with Crippen LogP contribution < -0.4 is 0 Å². The number of para-hydroxylation sites is 1. The molecule has 0 saturated heterocycles. The lowest BCUT2D eigenvalue weighted by atomic mass is 9.81. The van der Waals surface area contributed by atoms with Crippen molar-refractivity contribution in [1.82, 2.24) is 0 Å². The fourth-order valence-corrected chi connectivity index (χ4v) is 9.92. The summed E-state index contributed by atoms with van der Waals surface area (Å²) in [6.45, 7) is 4.74. The van der Waals surface area contributed by atoms with E-state index in [0.717, 1.165) is 21.9 Å². The van der Waals surface area contributed by atoms with Crippen LogP contribution in [0.5, 0.6) is 0 Å². The molecule has 0 spiro atoms. The molecule has 0 fully saturated rings. The molecule has 10 aromatic carbocycles. The second-order valence-electron chi connectivity index (χ2n) is 16.4. The summed E-state index contributed by atoms with van der Waals surface area (Å²) in [6.07, 6.45) is 0. The highest BCUT2D eigenvalue weighted by atomic mass is 16.3. The zero-order valence-electron chi connectivity index (χ0n) is 32.4. The molecule has 0 atom stereocenters. The predicted molar refractivity (Wildman–Crippen MR) is 246 cm³/mol. The van der Waals surface area contributed by atoms with Gasteiger partial charge < -0.3 is 4.42 Å². The van der Waals surface area contributed by atoms with Gasteiger partial charge in [0, 0.05) is 16.2 Å². The Bertz CT molecular complexity index is 3390. The molecule has 11 aromatic rings. The molecule has 0 unspecified atom stereocenters. The molecule has 12 rings (SSSR count). The van der Waals surface area contributed by atoms with Crippen LogP contribution >= 0.6 is 0 Å². The van der Waals surface area contributed by atoms with E-state index in [1.165, 1.54) is 99.1 Å². The van der Waals surface area contributed by atoms with Crippen molar-refractivity contribution >= 4 is 54.3 Å². The predicted octanol–water partition coefficient (Wildman–Crippen LogP) is 16.0. The average molecular weight is 739 g/mol. The van der Waals surface area contributed by atoms with Crippen molar-refractivity contribution in [1.29, 1.82) is 0 Å². The maximum absolute atomic E-state index is 6.11. The van der Waals surface area contributed by atoms with E-state index in [1.807, 2.05) is 12.1 Å². The van der Waals surface area contributed by atoms with Crippen molar-refractivity contribution in [3.8, 4) is 55.6 Å². The highest BCUT2D eigenvalue weighted by Gasteiger charge is 2.36. The fraction of sp³-hybridized carbons (Fsp3) is 0.0526. The summed E-state index contributed by atoms with van der Waals surface area (Å²) < 4.78 is 6.11. The standard InChI is InChI=1S/C57H38O/c1-57(2)51-34-42(27-29-43(51)49-31-39-11-3-4-12-40(39)33-52(49)57)36-21-25-38(26-22-36)56-47-16-7-5-14-45(47)55(46-15-6-8-17-48(46)56)37-23-19-35(20-24-37)41-28-30-54-50(32-41)44-13-9-10-18-53(44)58-54/h3-34H,1-2H3.